The van der Waals surface area contributed by atoms with Gasteiger partial charge in [0.2, 0.25) is 0 Å². The van der Waals surface area contributed by atoms with Gasteiger partial charge in [-0.15, -0.1) is 11.3 Å². The van der Waals surface area contributed by atoms with E-state index in [0.29, 0.717) is 6.04 Å². The van der Waals surface area contributed by atoms with E-state index in [-0.39, 0.29) is 0 Å². The van der Waals surface area contributed by atoms with Gasteiger partial charge in [-0.1, -0.05) is 35.0 Å². The zero-order chi connectivity index (χ0) is 14.1. The van der Waals surface area contributed by atoms with Crippen molar-refractivity contribution < 1.29 is 0 Å². The zero-order valence-electron chi connectivity index (χ0n) is 11.9. The molecule has 2 aromatic rings. The number of benzene rings is 1. The molecule has 106 valence electrons. The molecular formula is C17H20BrNS. The van der Waals surface area contributed by atoms with Crippen molar-refractivity contribution in [1.29, 1.82) is 0 Å². The summed E-state index contributed by atoms with van der Waals surface area (Å²) in [5.74, 6) is 0.853. The van der Waals surface area contributed by atoms with Crippen LogP contribution in [0.25, 0.3) is 10.4 Å². The van der Waals surface area contributed by atoms with Crippen molar-refractivity contribution in [1.82, 2.24) is 5.32 Å². The predicted molar refractivity (Wildman–Crippen MR) is 91.3 cm³/mol. The molecule has 3 rings (SSSR count). The molecule has 1 aromatic carbocycles. The van der Waals surface area contributed by atoms with Crippen LogP contribution in [0, 0.1) is 12.8 Å². The SMILES string of the molecule is CCNC(c1ccc(-c2ccc(C)c(Br)c2)s1)C1CC1. The van der Waals surface area contributed by atoms with Gasteiger partial charge in [-0.2, -0.15) is 0 Å². The molecule has 20 heavy (non-hydrogen) atoms. The minimum Gasteiger partial charge on any atom is -0.309 e. The van der Waals surface area contributed by atoms with E-state index in [9.17, 15) is 0 Å². The van der Waals surface area contributed by atoms with E-state index in [1.165, 1.54) is 38.2 Å². The number of thiophene rings is 1. The van der Waals surface area contributed by atoms with Gasteiger partial charge >= 0.3 is 0 Å². The summed E-state index contributed by atoms with van der Waals surface area (Å²) in [4.78, 5) is 2.85. The summed E-state index contributed by atoms with van der Waals surface area (Å²) in [6.45, 7) is 5.37. The van der Waals surface area contributed by atoms with Crippen LogP contribution >= 0.6 is 27.3 Å². The molecule has 0 saturated heterocycles. The summed E-state index contributed by atoms with van der Waals surface area (Å²) < 4.78 is 1.19. The van der Waals surface area contributed by atoms with Gasteiger partial charge in [0, 0.05) is 20.3 Å². The van der Waals surface area contributed by atoms with Crippen LogP contribution in [0.5, 0.6) is 0 Å². The maximum atomic E-state index is 3.65. The molecule has 1 aliphatic rings. The largest absolute Gasteiger partial charge is 0.309 e. The smallest absolute Gasteiger partial charge is 0.0443 e. The highest BCUT2D eigenvalue weighted by Crippen LogP contribution is 2.44. The van der Waals surface area contributed by atoms with E-state index in [0.717, 1.165) is 12.5 Å². The standard InChI is InChI=1S/C17H20BrNS/c1-3-19-17(12-6-7-12)16-9-8-15(20-16)13-5-4-11(2)14(18)10-13/h4-5,8-10,12,17,19H,3,6-7H2,1-2H3. The Morgan fingerprint density at radius 3 is 2.75 bits per heavy atom. The number of aryl methyl sites for hydroxylation is 1. The van der Waals surface area contributed by atoms with Crippen molar-refractivity contribution in [2.75, 3.05) is 6.54 Å². The molecule has 1 saturated carbocycles. The molecule has 1 aromatic heterocycles. The van der Waals surface area contributed by atoms with Crippen LogP contribution in [-0.4, -0.2) is 6.54 Å². The maximum Gasteiger partial charge on any atom is 0.0443 e. The van der Waals surface area contributed by atoms with Gasteiger partial charge in [0.25, 0.3) is 0 Å². The summed E-state index contributed by atoms with van der Waals surface area (Å²) in [6.07, 6.45) is 2.75. The van der Waals surface area contributed by atoms with E-state index in [1.54, 1.807) is 0 Å². The molecular weight excluding hydrogens is 330 g/mol. The Morgan fingerprint density at radius 2 is 2.10 bits per heavy atom. The average Bonchev–Trinajstić information content (AvgIpc) is 3.16. The van der Waals surface area contributed by atoms with Crippen LogP contribution in [-0.2, 0) is 0 Å². The van der Waals surface area contributed by atoms with Gasteiger partial charge in [-0.3, -0.25) is 0 Å². The first-order valence-electron chi connectivity index (χ1n) is 7.28. The maximum absolute atomic E-state index is 3.65. The van der Waals surface area contributed by atoms with Crippen molar-refractivity contribution in [3.8, 4) is 10.4 Å². The molecule has 1 nitrogen and oxygen atoms in total. The van der Waals surface area contributed by atoms with Gasteiger partial charge in [0.05, 0.1) is 0 Å². The molecule has 3 heteroatoms. The molecule has 0 spiro atoms. The van der Waals surface area contributed by atoms with Crippen molar-refractivity contribution >= 4 is 27.3 Å². The highest BCUT2D eigenvalue weighted by molar-refractivity contribution is 9.10. The lowest BCUT2D eigenvalue weighted by atomic mass is 10.1. The predicted octanol–water partition coefficient (Wildman–Crippen LogP) is 5.55. The van der Waals surface area contributed by atoms with Gasteiger partial charge < -0.3 is 5.32 Å². The first-order valence-corrected chi connectivity index (χ1v) is 8.89. The van der Waals surface area contributed by atoms with Crippen molar-refractivity contribution in [3.63, 3.8) is 0 Å². The summed E-state index contributed by atoms with van der Waals surface area (Å²) in [5, 5.41) is 3.65. The minimum absolute atomic E-state index is 0.563. The highest BCUT2D eigenvalue weighted by atomic mass is 79.9. The fourth-order valence-electron chi connectivity index (χ4n) is 2.57. The third-order valence-corrected chi connectivity index (χ3v) is 5.98. The van der Waals surface area contributed by atoms with Crippen LogP contribution in [0.4, 0.5) is 0 Å². The minimum atomic E-state index is 0.563. The van der Waals surface area contributed by atoms with Crippen molar-refractivity contribution in [2.45, 2.75) is 32.7 Å². The topological polar surface area (TPSA) is 12.0 Å². The van der Waals surface area contributed by atoms with Gasteiger partial charge in [0.15, 0.2) is 0 Å². The van der Waals surface area contributed by atoms with Crippen LogP contribution in [0.1, 0.15) is 36.2 Å². The number of rotatable bonds is 5. The van der Waals surface area contributed by atoms with Crippen molar-refractivity contribution in [3.05, 3.63) is 45.2 Å². The Labute approximate surface area is 133 Å². The molecule has 1 fully saturated rings. The van der Waals surface area contributed by atoms with E-state index in [4.69, 9.17) is 0 Å². The summed E-state index contributed by atoms with van der Waals surface area (Å²) in [5.41, 5.74) is 2.60. The fraction of sp³-hybridized carbons (Fsp3) is 0.412. The molecule has 0 aliphatic heterocycles. The molecule has 0 bridgehead atoms. The van der Waals surface area contributed by atoms with Crippen LogP contribution in [0.2, 0.25) is 0 Å². The molecule has 1 N–H and O–H groups in total. The Balaban J connectivity index is 1.86. The van der Waals surface area contributed by atoms with E-state index in [2.05, 4.69) is 65.4 Å². The lowest BCUT2D eigenvalue weighted by Crippen LogP contribution is -2.21. The normalized spacial score (nSPS) is 16.4. The van der Waals surface area contributed by atoms with E-state index < -0.39 is 0 Å². The Bertz CT molecular complexity index is 601. The average molecular weight is 350 g/mol. The number of hydrogen-bond acceptors (Lipinski definition) is 2. The molecule has 1 unspecified atom stereocenters. The molecule has 1 heterocycles. The van der Waals surface area contributed by atoms with Crippen molar-refractivity contribution in [2.24, 2.45) is 5.92 Å². The number of nitrogens with one attached hydrogen (secondary N) is 1. The monoisotopic (exact) mass is 349 g/mol. The second-order valence-electron chi connectivity index (χ2n) is 5.54. The number of hydrogen-bond donors (Lipinski definition) is 1. The molecule has 1 aliphatic carbocycles. The van der Waals surface area contributed by atoms with E-state index >= 15 is 0 Å². The Kier molecular flexibility index (Phi) is 4.29. The Hall–Kier alpha value is -0.640. The quantitative estimate of drug-likeness (QED) is 0.746. The lowest BCUT2D eigenvalue weighted by molar-refractivity contribution is 0.504. The first kappa shape index (κ1) is 14.3. The third-order valence-electron chi connectivity index (χ3n) is 3.91. The lowest BCUT2D eigenvalue weighted by Gasteiger charge is -2.15. The molecule has 0 amide bonds. The fourth-order valence-corrected chi connectivity index (χ4v) is 4.12. The first-order chi connectivity index (χ1) is 9.69. The Morgan fingerprint density at radius 1 is 1.30 bits per heavy atom. The van der Waals surface area contributed by atoms with Crippen LogP contribution in [0.15, 0.2) is 34.8 Å². The molecule has 0 radical (unpaired) electrons. The van der Waals surface area contributed by atoms with Crippen LogP contribution in [0.3, 0.4) is 0 Å². The second-order valence-corrected chi connectivity index (χ2v) is 7.51. The summed E-state index contributed by atoms with van der Waals surface area (Å²) >= 11 is 5.56. The summed E-state index contributed by atoms with van der Waals surface area (Å²) in [7, 11) is 0. The van der Waals surface area contributed by atoms with Crippen LogP contribution < -0.4 is 5.32 Å². The highest BCUT2D eigenvalue weighted by Gasteiger charge is 2.32. The second kappa shape index (κ2) is 6.00. The van der Waals surface area contributed by atoms with Gasteiger partial charge in [-0.05, 0) is 61.6 Å². The third kappa shape index (κ3) is 3.00. The number of halogens is 1. The molecule has 1 atom stereocenters. The van der Waals surface area contributed by atoms with Gasteiger partial charge in [-0.25, -0.2) is 0 Å². The zero-order valence-corrected chi connectivity index (χ0v) is 14.4. The summed E-state index contributed by atoms with van der Waals surface area (Å²) in [6, 6.07) is 11.8. The van der Waals surface area contributed by atoms with E-state index in [1.807, 2.05) is 11.3 Å². The van der Waals surface area contributed by atoms with Gasteiger partial charge in [0.1, 0.15) is 0 Å².